The van der Waals surface area contributed by atoms with E-state index in [1.807, 2.05) is 36.4 Å². The Hall–Kier alpha value is -3.28. The minimum absolute atomic E-state index is 0.0564. The Morgan fingerprint density at radius 3 is 2.52 bits per heavy atom. The number of benzene rings is 1. The van der Waals surface area contributed by atoms with Crippen molar-refractivity contribution in [2.24, 2.45) is 0 Å². The smallest absolute Gasteiger partial charge is 0.325 e. The van der Waals surface area contributed by atoms with Crippen molar-refractivity contribution in [3.8, 4) is 0 Å². The van der Waals surface area contributed by atoms with Crippen molar-refractivity contribution in [3.05, 3.63) is 87.9 Å². The zero-order chi connectivity index (χ0) is 19.2. The highest BCUT2D eigenvalue weighted by molar-refractivity contribution is 5.90. The van der Waals surface area contributed by atoms with Crippen molar-refractivity contribution in [2.75, 3.05) is 5.32 Å². The molecule has 27 heavy (non-hydrogen) atoms. The van der Waals surface area contributed by atoms with Crippen LogP contribution in [0, 0.1) is 13.8 Å². The summed E-state index contributed by atoms with van der Waals surface area (Å²) in [5, 5.41) is 2.86. The van der Waals surface area contributed by atoms with Gasteiger partial charge in [0.15, 0.2) is 0 Å². The summed E-state index contributed by atoms with van der Waals surface area (Å²) in [4.78, 5) is 32.3. The number of rotatable bonds is 6. The number of aromatic nitrogens is 3. The number of nitrogens with zero attached hydrogens (tertiary/aromatic N) is 3. The van der Waals surface area contributed by atoms with Crippen LogP contribution in [-0.2, 0) is 24.2 Å². The van der Waals surface area contributed by atoms with Crippen LogP contribution >= 0.6 is 0 Å². The van der Waals surface area contributed by atoms with Gasteiger partial charge in [-0.3, -0.25) is 14.3 Å². The molecular formula is C21H22N4O2. The van der Waals surface area contributed by atoms with Crippen LogP contribution in [0.4, 0.5) is 5.69 Å². The Morgan fingerprint density at radius 2 is 1.78 bits per heavy atom. The molecule has 2 heterocycles. The maximum atomic E-state index is 12.4. The topological polar surface area (TPSA) is 76.9 Å². The van der Waals surface area contributed by atoms with Gasteiger partial charge < -0.3 is 5.32 Å². The minimum Gasteiger partial charge on any atom is -0.325 e. The van der Waals surface area contributed by atoms with Gasteiger partial charge in [0, 0.05) is 29.5 Å². The summed E-state index contributed by atoms with van der Waals surface area (Å²) in [6.07, 6.45) is 5.35. The minimum atomic E-state index is -0.409. The summed E-state index contributed by atoms with van der Waals surface area (Å²) >= 11 is 0. The van der Waals surface area contributed by atoms with Crippen molar-refractivity contribution in [2.45, 2.75) is 33.2 Å². The maximum Gasteiger partial charge on any atom is 0.348 e. The molecule has 6 nitrogen and oxygen atoms in total. The molecule has 0 atom stereocenters. The lowest BCUT2D eigenvalue weighted by Gasteiger charge is -2.11. The van der Waals surface area contributed by atoms with E-state index < -0.39 is 5.69 Å². The van der Waals surface area contributed by atoms with Gasteiger partial charge in [0.05, 0.1) is 0 Å². The van der Waals surface area contributed by atoms with Crippen LogP contribution in [0.5, 0.6) is 0 Å². The third-order valence-electron chi connectivity index (χ3n) is 4.31. The second-order valence-corrected chi connectivity index (χ2v) is 6.51. The van der Waals surface area contributed by atoms with Crippen molar-refractivity contribution < 1.29 is 4.79 Å². The Bertz CT molecular complexity index is 997. The van der Waals surface area contributed by atoms with E-state index in [-0.39, 0.29) is 12.5 Å². The number of carbonyl (C=O) groups is 1. The predicted molar refractivity (Wildman–Crippen MR) is 105 cm³/mol. The van der Waals surface area contributed by atoms with Gasteiger partial charge in [-0.15, -0.1) is 0 Å². The first-order valence-corrected chi connectivity index (χ1v) is 8.84. The van der Waals surface area contributed by atoms with E-state index in [0.29, 0.717) is 11.4 Å². The van der Waals surface area contributed by atoms with Crippen LogP contribution < -0.4 is 11.0 Å². The molecule has 3 rings (SSSR count). The molecule has 0 bridgehead atoms. The normalized spacial score (nSPS) is 10.6. The predicted octanol–water partition coefficient (Wildman–Crippen LogP) is 2.68. The number of carbonyl (C=O) groups excluding carboxylic acids is 1. The molecular weight excluding hydrogens is 340 g/mol. The lowest BCUT2D eigenvalue weighted by atomic mass is 10.0. The molecule has 1 N–H and O–H groups in total. The summed E-state index contributed by atoms with van der Waals surface area (Å²) in [5.74, 6) is -0.253. The summed E-state index contributed by atoms with van der Waals surface area (Å²) < 4.78 is 1.37. The highest BCUT2D eigenvalue weighted by Gasteiger charge is 2.09. The van der Waals surface area contributed by atoms with Crippen LogP contribution in [-0.4, -0.2) is 20.4 Å². The Labute approximate surface area is 157 Å². The number of anilines is 1. The van der Waals surface area contributed by atoms with Crippen LogP contribution in [0.2, 0.25) is 0 Å². The van der Waals surface area contributed by atoms with Gasteiger partial charge in [0.2, 0.25) is 5.91 Å². The summed E-state index contributed by atoms with van der Waals surface area (Å²) in [6, 6.07) is 13.5. The molecule has 0 radical (unpaired) electrons. The zero-order valence-electron chi connectivity index (χ0n) is 15.5. The standard InChI is InChI=1S/C21H22N4O2/c1-15-12-16(2)25(21(27)23-15)14-20(26)24-19-5-3-4-18(13-19)7-6-17-8-10-22-11-9-17/h3-5,8-13H,6-7,14H2,1-2H3,(H,24,26). The van der Waals surface area contributed by atoms with Crippen LogP contribution in [0.25, 0.3) is 0 Å². The fourth-order valence-electron chi connectivity index (χ4n) is 2.95. The van der Waals surface area contributed by atoms with Gasteiger partial charge in [0.1, 0.15) is 6.54 Å². The lowest BCUT2D eigenvalue weighted by molar-refractivity contribution is -0.116. The second-order valence-electron chi connectivity index (χ2n) is 6.51. The quantitative estimate of drug-likeness (QED) is 0.731. The fourth-order valence-corrected chi connectivity index (χ4v) is 2.95. The lowest BCUT2D eigenvalue weighted by Crippen LogP contribution is -2.31. The van der Waals surface area contributed by atoms with Gasteiger partial charge in [-0.05, 0) is 68.1 Å². The Balaban J connectivity index is 1.64. The molecule has 0 saturated carbocycles. The molecule has 0 fully saturated rings. The molecule has 0 aliphatic carbocycles. The maximum absolute atomic E-state index is 12.4. The molecule has 0 spiro atoms. The largest absolute Gasteiger partial charge is 0.348 e. The van der Waals surface area contributed by atoms with Gasteiger partial charge in [0.25, 0.3) is 0 Å². The van der Waals surface area contributed by atoms with E-state index in [1.165, 1.54) is 10.1 Å². The van der Waals surface area contributed by atoms with E-state index in [9.17, 15) is 9.59 Å². The molecule has 1 amide bonds. The first-order valence-electron chi connectivity index (χ1n) is 8.84. The molecule has 0 saturated heterocycles. The summed E-state index contributed by atoms with van der Waals surface area (Å²) in [6.45, 7) is 3.50. The third kappa shape index (κ3) is 5.10. The van der Waals surface area contributed by atoms with Gasteiger partial charge >= 0.3 is 5.69 Å². The highest BCUT2D eigenvalue weighted by atomic mass is 16.2. The highest BCUT2D eigenvalue weighted by Crippen LogP contribution is 2.13. The van der Waals surface area contributed by atoms with E-state index in [0.717, 1.165) is 24.1 Å². The number of pyridine rings is 1. The van der Waals surface area contributed by atoms with Gasteiger partial charge in [-0.25, -0.2) is 4.79 Å². The molecule has 6 heteroatoms. The molecule has 138 valence electrons. The first-order chi connectivity index (χ1) is 13.0. The van der Waals surface area contributed by atoms with Crippen molar-refractivity contribution in [1.82, 2.24) is 14.5 Å². The van der Waals surface area contributed by atoms with Crippen molar-refractivity contribution in [1.29, 1.82) is 0 Å². The number of aryl methyl sites for hydroxylation is 4. The molecule has 2 aromatic heterocycles. The Kier molecular flexibility index (Phi) is 5.76. The monoisotopic (exact) mass is 362 g/mol. The molecule has 0 unspecified atom stereocenters. The molecule has 3 aromatic rings. The number of hydrogen-bond acceptors (Lipinski definition) is 4. The second kappa shape index (κ2) is 8.40. The van der Waals surface area contributed by atoms with Crippen molar-refractivity contribution in [3.63, 3.8) is 0 Å². The summed E-state index contributed by atoms with van der Waals surface area (Å²) in [7, 11) is 0. The van der Waals surface area contributed by atoms with Crippen LogP contribution in [0.3, 0.4) is 0 Å². The van der Waals surface area contributed by atoms with Gasteiger partial charge in [-0.1, -0.05) is 12.1 Å². The average molecular weight is 362 g/mol. The third-order valence-corrected chi connectivity index (χ3v) is 4.31. The van der Waals surface area contributed by atoms with E-state index in [4.69, 9.17) is 0 Å². The molecule has 1 aromatic carbocycles. The zero-order valence-corrected chi connectivity index (χ0v) is 15.5. The van der Waals surface area contributed by atoms with Crippen molar-refractivity contribution >= 4 is 11.6 Å². The SMILES string of the molecule is Cc1cc(C)n(CC(=O)Nc2cccc(CCc3ccncc3)c2)c(=O)n1. The number of amides is 1. The average Bonchev–Trinajstić information content (AvgIpc) is 2.64. The summed E-state index contributed by atoms with van der Waals surface area (Å²) in [5.41, 5.74) is 4.03. The first kappa shape index (κ1) is 18.5. The molecule has 0 aliphatic rings. The number of hydrogen-bond donors (Lipinski definition) is 1. The van der Waals surface area contributed by atoms with Crippen LogP contribution in [0.15, 0.2) is 59.7 Å². The van der Waals surface area contributed by atoms with E-state index >= 15 is 0 Å². The fraction of sp³-hybridized carbons (Fsp3) is 0.238. The van der Waals surface area contributed by atoms with E-state index in [1.54, 1.807) is 32.3 Å². The number of nitrogens with one attached hydrogen (secondary N) is 1. The molecule has 0 aliphatic heterocycles. The van der Waals surface area contributed by atoms with E-state index in [2.05, 4.69) is 15.3 Å². The van der Waals surface area contributed by atoms with Gasteiger partial charge in [-0.2, -0.15) is 4.98 Å². The Morgan fingerprint density at radius 1 is 1.04 bits per heavy atom. The van der Waals surface area contributed by atoms with Crippen LogP contribution in [0.1, 0.15) is 22.5 Å².